The van der Waals surface area contributed by atoms with Crippen LogP contribution in [0.3, 0.4) is 0 Å². The predicted octanol–water partition coefficient (Wildman–Crippen LogP) is 4.53. The van der Waals surface area contributed by atoms with Gasteiger partial charge < -0.3 is 5.32 Å². The molecule has 0 bridgehead atoms. The van der Waals surface area contributed by atoms with E-state index in [0.717, 1.165) is 52.6 Å². The van der Waals surface area contributed by atoms with Crippen molar-refractivity contribution in [1.82, 2.24) is 20.1 Å². The molecule has 142 valence electrons. The molecule has 0 atom stereocenters. The van der Waals surface area contributed by atoms with E-state index in [1.54, 1.807) is 11.3 Å². The highest BCUT2D eigenvalue weighted by Crippen LogP contribution is 2.27. The van der Waals surface area contributed by atoms with Crippen molar-refractivity contribution in [2.45, 2.75) is 53.6 Å². The molecular formula is C21H26N4OS. The van der Waals surface area contributed by atoms with Gasteiger partial charge in [0.1, 0.15) is 0 Å². The number of benzene rings is 1. The Kier molecular flexibility index (Phi) is 6.06. The number of aromatic nitrogens is 3. The molecule has 1 amide bonds. The zero-order valence-corrected chi connectivity index (χ0v) is 17.2. The topological polar surface area (TPSA) is 59.8 Å². The molecule has 0 unspecified atom stereocenters. The minimum absolute atomic E-state index is 0.0833. The Labute approximate surface area is 164 Å². The maximum absolute atomic E-state index is 12.6. The van der Waals surface area contributed by atoms with Gasteiger partial charge in [0, 0.05) is 28.7 Å². The summed E-state index contributed by atoms with van der Waals surface area (Å²) in [5.41, 5.74) is 5.81. The first-order chi connectivity index (χ1) is 13.0. The van der Waals surface area contributed by atoms with Crippen molar-refractivity contribution < 1.29 is 4.79 Å². The molecule has 0 saturated carbocycles. The number of nitrogens with one attached hydrogen (secondary N) is 1. The largest absolute Gasteiger partial charge is 0.346 e. The van der Waals surface area contributed by atoms with Gasteiger partial charge in [0.05, 0.1) is 22.9 Å². The first-order valence-electron chi connectivity index (χ1n) is 9.39. The van der Waals surface area contributed by atoms with Crippen LogP contribution in [0.5, 0.6) is 0 Å². The van der Waals surface area contributed by atoms with Crippen LogP contribution in [0.25, 0.3) is 11.1 Å². The van der Waals surface area contributed by atoms with Crippen LogP contribution in [0.2, 0.25) is 0 Å². The fraction of sp³-hybridized carbons (Fsp3) is 0.381. The Hall–Kier alpha value is -2.47. The van der Waals surface area contributed by atoms with Gasteiger partial charge in [-0.1, -0.05) is 19.1 Å². The fourth-order valence-electron chi connectivity index (χ4n) is 3.27. The summed E-state index contributed by atoms with van der Waals surface area (Å²) in [7, 11) is 0. The van der Waals surface area contributed by atoms with Crippen LogP contribution in [0.15, 0.2) is 29.6 Å². The van der Waals surface area contributed by atoms with E-state index in [4.69, 9.17) is 0 Å². The van der Waals surface area contributed by atoms with Gasteiger partial charge in [-0.25, -0.2) is 4.98 Å². The summed E-state index contributed by atoms with van der Waals surface area (Å²) in [6.07, 6.45) is 2.07. The number of carbonyl (C=O) groups is 1. The third-order valence-electron chi connectivity index (χ3n) is 4.59. The maximum Gasteiger partial charge on any atom is 0.251 e. The molecule has 6 heteroatoms. The van der Waals surface area contributed by atoms with E-state index >= 15 is 0 Å². The average molecular weight is 383 g/mol. The minimum Gasteiger partial charge on any atom is -0.346 e. The van der Waals surface area contributed by atoms with Crippen LogP contribution in [-0.2, 0) is 19.5 Å². The van der Waals surface area contributed by atoms with E-state index in [-0.39, 0.29) is 5.91 Å². The predicted molar refractivity (Wildman–Crippen MR) is 110 cm³/mol. The second-order valence-corrected chi connectivity index (χ2v) is 7.55. The number of amides is 1. The molecule has 2 aromatic heterocycles. The normalized spacial score (nSPS) is 11.0. The lowest BCUT2D eigenvalue weighted by atomic mass is 10.0. The van der Waals surface area contributed by atoms with Crippen LogP contribution in [0, 0.1) is 13.8 Å². The Bertz CT molecular complexity index is 942. The molecule has 3 rings (SSSR count). The lowest BCUT2D eigenvalue weighted by Crippen LogP contribution is -2.23. The molecule has 0 aliphatic carbocycles. The SMILES string of the molecule is CCCc1nc(CNC(=O)c2cccc(-c3c(C)nn(CC)c3C)c2)cs1. The van der Waals surface area contributed by atoms with Gasteiger partial charge in [-0.3, -0.25) is 9.48 Å². The Morgan fingerprint density at radius 1 is 1.26 bits per heavy atom. The Morgan fingerprint density at radius 3 is 2.78 bits per heavy atom. The first kappa shape index (κ1) is 19.3. The number of aryl methyl sites for hydroxylation is 3. The second-order valence-electron chi connectivity index (χ2n) is 6.61. The number of hydrogen-bond acceptors (Lipinski definition) is 4. The highest BCUT2D eigenvalue weighted by Gasteiger charge is 2.14. The lowest BCUT2D eigenvalue weighted by Gasteiger charge is -2.07. The molecule has 0 spiro atoms. The van der Waals surface area contributed by atoms with E-state index in [9.17, 15) is 4.79 Å². The maximum atomic E-state index is 12.6. The number of hydrogen-bond donors (Lipinski definition) is 1. The molecule has 0 radical (unpaired) electrons. The average Bonchev–Trinajstić information content (AvgIpc) is 3.23. The molecule has 5 nitrogen and oxygen atoms in total. The van der Waals surface area contributed by atoms with Crippen LogP contribution in [0.4, 0.5) is 0 Å². The number of thiazole rings is 1. The van der Waals surface area contributed by atoms with Crippen LogP contribution in [0.1, 0.15) is 52.7 Å². The molecule has 0 aliphatic rings. The van der Waals surface area contributed by atoms with Crippen molar-refractivity contribution in [2.75, 3.05) is 0 Å². The summed E-state index contributed by atoms with van der Waals surface area (Å²) in [6, 6.07) is 7.74. The summed E-state index contributed by atoms with van der Waals surface area (Å²) in [4.78, 5) is 17.2. The molecule has 0 aliphatic heterocycles. The summed E-state index contributed by atoms with van der Waals surface area (Å²) < 4.78 is 1.99. The van der Waals surface area contributed by atoms with Gasteiger partial charge in [-0.05, 0) is 51.3 Å². The van der Waals surface area contributed by atoms with Crippen molar-refractivity contribution in [1.29, 1.82) is 0 Å². The second kappa shape index (κ2) is 8.48. The van der Waals surface area contributed by atoms with E-state index in [1.807, 2.05) is 41.3 Å². The van der Waals surface area contributed by atoms with Crippen LogP contribution >= 0.6 is 11.3 Å². The van der Waals surface area contributed by atoms with Gasteiger partial charge in [-0.15, -0.1) is 11.3 Å². The molecule has 0 saturated heterocycles. The Balaban J connectivity index is 1.75. The van der Waals surface area contributed by atoms with Crippen molar-refractivity contribution in [3.05, 3.63) is 57.3 Å². The van der Waals surface area contributed by atoms with Gasteiger partial charge in [0.25, 0.3) is 5.91 Å². The zero-order valence-electron chi connectivity index (χ0n) is 16.4. The molecular weight excluding hydrogens is 356 g/mol. The van der Waals surface area contributed by atoms with E-state index in [0.29, 0.717) is 12.1 Å². The highest BCUT2D eigenvalue weighted by atomic mass is 32.1. The summed E-state index contributed by atoms with van der Waals surface area (Å²) in [6.45, 7) is 9.59. The van der Waals surface area contributed by atoms with Crippen LogP contribution in [-0.4, -0.2) is 20.7 Å². The zero-order chi connectivity index (χ0) is 19.4. The molecule has 1 N–H and O–H groups in total. The minimum atomic E-state index is -0.0833. The molecule has 3 aromatic rings. The fourth-order valence-corrected chi connectivity index (χ4v) is 4.17. The molecule has 27 heavy (non-hydrogen) atoms. The Morgan fingerprint density at radius 2 is 2.07 bits per heavy atom. The van der Waals surface area contributed by atoms with Gasteiger partial charge in [0.15, 0.2) is 0 Å². The summed E-state index contributed by atoms with van der Waals surface area (Å²) in [5, 5.41) is 10.7. The van der Waals surface area contributed by atoms with E-state index in [1.165, 1.54) is 0 Å². The van der Waals surface area contributed by atoms with E-state index < -0.39 is 0 Å². The lowest BCUT2D eigenvalue weighted by molar-refractivity contribution is 0.0950. The monoisotopic (exact) mass is 382 g/mol. The molecule has 2 heterocycles. The highest BCUT2D eigenvalue weighted by molar-refractivity contribution is 7.09. The van der Waals surface area contributed by atoms with Gasteiger partial charge in [0.2, 0.25) is 0 Å². The smallest absolute Gasteiger partial charge is 0.251 e. The standard InChI is InChI=1S/C21H26N4OS/c1-5-8-19-23-18(13-27-19)12-22-21(26)17-10-7-9-16(11-17)20-14(3)24-25(6-2)15(20)4/h7,9-11,13H,5-6,8,12H2,1-4H3,(H,22,26). The molecule has 0 fully saturated rings. The number of carbonyl (C=O) groups excluding carboxylic acids is 1. The van der Waals surface area contributed by atoms with Gasteiger partial charge >= 0.3 is 0 Å². The van der Waals surface area contributed by atoms with Crippen LogP contribution < -0.4 is 5.32 Å². The van der Waals surface area contributed by atoms with Crippen molar-refractivity contribution in [3.8, 4) is 11.1 Å². The first-order valence-corrected chi connectivity index (χ1v) is 10.3. The quantitative estimate of drug-likeness (QED) is 0.653. The van der Waals surface area contributed by atoms with Crippen molar-refractivity contribution in [3.63, 3.8) is 0 Å². The number of rotatable bonds is 7. The summed E-state index contributed by atoms with van der Waals surface area (Å²) >= 11 is 1.66. The number of nitrogens with zero attached hydrogens (tertiary/aromatic N) is 3. The molecule has 1 aromatic carbocycles. The summed E-state index contributed by atoms with van der Waals surface area (Å²) in [5.74, 6) is -0.0833. The van der Waals surface area contributed by atoms with Crippen molar-refractivity contribution >= 4 is 17.2 Å². The third kappa shape index (κ3) is 4.27. The van der Waals surface area contributed by atoms with E-state index in [2.05, 4.69) is 36.2 Å². The van der Waals surface area contributed by atoms with Crippen molar-refractivity contribution in [2.24, 2.45) is 0 Å². The van der Waals surface area contributed by atoms with Gasteiger partial charge in [-0.2, -0.15) is 5.10 Å². The third-order valence-corrected chi connectivity index (χ3v) is 5.55.